The second-order valence-electron chi connectivity index (χ2n) is 14.4. The van der Waals surface area contributed by atoms with E-state index in [1.807, 2.05) is 0 Å². The number of imidazole rings is 2. The van der Waals surface area contributed by atoms with Crippen LogP contribution in [0, 0.1) is 0 Å². The van der Waals surface area contributed by atoms with Crippen molar-refractivity contribution in [1.82, 2.24) is 18.5 Å². The summed E-state index contributed by atoms with van der Waals surface area (Å²) in [6, 6.07) is 70.1. The van der Waals surface area contributed by atoms with Crippen molar-refractivity contribution in [1.29, 1.82) is 0 Å². The summed E-state index contributed by atoms with van der Waals surface area (Å²) in [4.78, 5) is 5.64. The summed E-state index contributed by atoms with van der Waals surface area (Å²) < 4.78 is 7.05. The molecule has 0 radical (unpaired) electrons. The lowest BCUT2D eigenvalue weighted by Crippen LogP contribution is -1.94. The van der Waals surface area contributed by atoms with Crippen LogP contribution in [0.1, 0.15) is 0 Å². The van der Waals surface area contributed by atoms with E-state index in [1.54, 1.807) is 0 Å². The average Bonchev–Trinajstić information content (AvgIpc) is 3.91. The molecule has 0 amide bonds. The number of nitrogens with zero attached hydrogens (tertiary/aromatic N) is 4. The summed E-state index contributed by atoms with van der Waals surface area (Å²) in [6.07, 6.45) is 0. The Labute approximate surface area is 316 Å². The van der Waals surface area contributed by atoms with Crippen LogP contribution in [-0.4, -0.2) is 18.5 Å². The molecule has 0 aliphatic heterocycles. The third-order valence-corrected chi connectivity index (χ3v) is 11.4. The molecule has 3 aromatic heterocycles. The van der Waals surface area contributed by atoms with E-state index in [4.69, 9.17) is 4.98 Å². The number of hydrogen-bond acceptors (Lipinski definition) is 1. The van der Waals surface area contributed by atoms with Gasteiger partial charge in [-0.1, -0.05) is 133 Å². The Kier molecular flexibility index (Phi) is 6.31. The predicted molar refractivity (Wildman–Crippen MR) is 230 cm³/mol. The van der Waals surface area contributed by atoms with Gasteiger partial charge in [-0.05, 0) is 93.0 Å². The van der Waals surface area contributed by atoms with Gasteiger partial charge in [-0.3, -0.25) is 8.97 Å². The molecule has 0 N–H and O–H groups in total. The Morgan fingerprint density at radius 1 is 0.309 bits per heavy atom. The second-order valence-corrected chi connectivity index (χ2v) is 14.4. The summed E-state index contributed by atoms with van der Waals surface area (Å²) >= 11 is 0. The van der Waals surface area contributed by atoms with Crippen LogP contribution in [-0.2, 0) is 0 Å². The van der Waals surface area contributed by atoms with Gasteiger partial charge in [-0.2, -0.15) is 0 Å². The van der Waals surface area contributed by atoms with Crippen molar-refractivity contribution in [2.45, 2.75) is 0 Å². The maximum absolute atomic E-state index is 5.64. The van der Waals surface area contributed by atoms with Crippen molar-refractivity contribution in [3.8, 4) is 33.9 Å². The molecule has 0 aliphatic carbocycles. The molecule has 4 heteroatoms. The van der Waals surface area contributed by atoms with Gasteiger partial charge in [0, 0.05) is 33.3 Å². The van der Waals surface area contributed by atoms with Crippen molar-refractivity contribution < 1.29 is 0 Å². The quantitative estimate of drug-likeness (QED) is 0.168. The van der Waals surface area contributed by atoms with Gasteiger partial charge in [0.25, 0.3) is 0 Å². The number of rotatable bonds is 4. The second kappa shape index (κ2) is 11.5. The molecule has 0 saturated carbocycles. The van der Waals surface area contributed by atoms with Crippen LogP contribution in [0.15, 0.2) is 194 Å². The zero-order valence-electron chi connectivity index (χ0n) is 29.8. The number of fused-ring (bicyclic) bond motifs is 12. The van der Waals surface area contributed by atoms with E-state index >= 15 is 0 Å². The molecule has 0 unspecified atom stereocenters. The molecule has 55 heavy (non-hydrogen) atoms. The predicted octanol–water partition coefficient (Wildman–Crippen LogP) is 13.2. The topological polar surface area (TPSA) is 27.2 Å². The molecular weight excluding hydrogens is 669 g/mol. The third kappa shape index (κ3) is 4.31. The van der Waals surface area contributed by atoms with E-state index in [9.17, 15) is 0 Å². The van der Waals surface area contributed by atoms with Gasteiger partial charge < -0.3 is 4.57 Å². The van der Waals surface area contributed by atoms with Crippen LogP contribution in [0.5, 0.6) is 0 Å². The van der Waals surface area contributed by atoms with Crippen LogP contribution >= 0.6 is 0 Å². The minimum atomic E-state index is 0.882. The van der Waals surface area contributed by atoms with Gasteiger partial charge in [-0.25, -0.2) is 4.98 Å². The van der Waals surface area contributed by atoms with Crippen LogP contribution in [0.4, 0.5) is 0 Å². The van der Waals surface area contributed by atoms with Gasteiger partial charge in [0.15, 0.2) is 0 Å². The summed E-state index contributed by atoms with van der Waals surface area (Å²) in [5.74, 6) is 0.882. The first-order chi connectivity index (χ1) is 27.3. The maximum Gasteiger partial charge on any atom is 0.220 e. The van der Waals surface area contributed by atoms with E-state index in [0.29, 0.717) is 0 Å². The number of hydrogen-bond donors (Lipinski definition) is 0. The molecule has 12 rings (SSSR count). The highest BCUT2D eigenvalue weighted by Gasteiger charge is 2.25. The molecule has 3 heterocycles. The van der Waals surface area contributed by atoms with Crippen molar-refractivity contribution in [2.75, 3.05) is 0 Å². The van der Waals surface area contributed by atoms with E-state index < -0.39 is 0 Å². The molecule has 0 bridgehead atoms. The molecule has 0 fully saturated rings. The zero-order chi connectivity index (χ0) is 36.0. The van der Waals surface area contributed by atoms with Crippen molar-refractivity contribution in [2.24, 2.45) is 0 Å². The largest absolute Gasteiger partial charge is 0.309 e. The maximum atomic E-state index is 5.64. The SMILES string of the molecule is c1ccc(-n2c3ccccc3c3cc(-c4c(-c5ccc6c7ccccc7c7ccccc7c6c5)nc5n(-c6ccccc6)c6ccccc6n45)ccc32)cc1. The lowest BCUT2D eigenvalue weighted by atomic mass is 9.92. The summed E-state index contributed by atoms with van der Waals surface area (Å²) in [7, 11) is 0. The molecule has 12 aromatic rings. The molecular formula is C51H32N4. The molecule has 0 aliphatic rings. The van der Waals surface area contributed by atoms with Crippen molar-refractivity contribution in [3.05, 3.63) is 194 Å². The van der Waals surface area contributed by atoms with Gasteiger partial charge in [0.1, 0.15) is 0 Å². The molecule has 9 aromatic carbocycles. The molecule has 4 nitrogen and oxygen atoms in total. The van der Waals surface area contributed by atoms with E-state index in [-0.39, 0.29) is 0 Å². The average molecular weight is 701 g/mol. The Balaban J connectivity index is 1.21. The summed E-state index contributed by atoms with van der Waals surface area (Å²) in [5, 5.41) is 9.96. The van der Waals surface area contributed by atoms with Crippen LogP contribution in [0.2, 0.25) is 0 Å². The minimum absolute atomic E-state index is 0.882. The zero-order valence-corrected chi connectivity index (χ0v) is 29.8. The Morgan fingerprint density at radius 3 is 1.45 bits per heavy atom. The van der Waals surface area contributed by atoms with E-state index in [2.05, 4.69) is 208 Å². The lowest BCUT2D eigenvalue weighted by molar-refractivity contribution is 1.10. The fraction of sp³-hybridized carbons (Fsp3) is 0. The Hall–Kier alpha value is -7.43. The van der Waals surface area contributed by atoms with Crippen molar-refractivity contribution >= 4 is 70.9 Å². The third-order valence-electron chi connectivity index (χ3n) is 11.4. The lowest BCUT2D eigenvalue weighted by Gasteiger charge is -2.12. The van der Waals surface area contributed by atoms with Gasteiger partial charge >= 0.3 is 0 Å². The van der Waals surface area contributed by atoms with Crippen LogP contribution < -0.4 is 0 Å². The molecule has 0 spiro atoms. The highest BCUT2D eigenvalue weighted by atomic mass is 15.2. The van der Waals surface area contributed by atoms with Crippen LogP contribution in [0.25, 0.3) is 105 Å². The molecule has 256 valence electrons. The first-order valence-corrected chi connectivity index (χ1v) is 18.8. The molecule has 0 atom stereocenters. The first kappa shape index (κ1) is 30.1. The van der Waals surface area contributed by atoms with Crippen LogP contribution in [0.3, 0.4) is 0 Å². The fourth-order valence-corrected chi connectivity index (χ4v) is 9.07. The van der Waals surface area contributed by atoms with Gasteiger partial charge in [0.2, 0.25) is 5.78 Å². The Morgan fingerprint density at radius 2 is 0.782 bits per heavy atom. The number of aromatic nitrogens is 4. The van der Waals surface area contributed by atoms with E-state index in [1.165, 1.54) is 54.1 Å². The first-order valence-electron chi connectivity index (χ1n) is 18.8. The summed E-state index contributed by atoms with van der Waals surface area (Å²) in [5.41, 5.74) is 11.0. The minimum Gasteiger partial charge on any atom is -0.309 e. The normalized spacial score (nSPS) is 12.0. The van der Waals surface area contributed by atoms with Gasteiger partial charge in [0.05, 0.1) is 33.5 Å². The van der Waals surface area contributed by atoms with Crippen molar-refractivity contribution in [3.63, 3.8) is 0 Å². The summed E-state index contributed by atoms with van der Waals surface area (Å²) in [6.45, 7) is 0. The fourth-order valence-electron chi connectivity index (χ4n) is 9.07. The Bertz CT molecular complexity index is 3440. The van der Waals surface area contributed by atoms with E-state index in [0.717, 1.165) is 50.7 Å². The highest BCUT2D eigenvalue weighted by Crippen LogP contribution is 2.43. The smallest absolute Gasteiger partial charge is 0.220 e. The number of para-hydroxylation sites is 5. The highest BCUT2D eigenvalue weighted by molar-refractivity contribution is 6.26. The number of benzene rings is 9. The van der Waals surface area contributed by atoms with Gasteiger partial charge in [-0.15, -0.1) is 0 Å². The monoisotopic (exact) mass is 700 g/mol. The molecule has 0 saturated heterocycles. The standard InChI is InChI=1S/C51H32N4/c1-3-15-35(16-4-1)53-45-24-12-11-23-42(45)44-32-34(28-30-46(44)53)50-49(52-51-54(36-17-5-2-6-18-36)47-25-13-14-26-48(47)55(50)51)33-27-29-41-39-21-8-7-19-37(39)38-20-9-10-22-40(38)43(41)31-33/h1-32H.